The average Bonchev–Trinajstić information content (AvgIpc) is 3.22. The van der Waals surface area contributed by atoms with Crippen LogP contribution in [0.1, 0.15) is 23.0 Å². The van der Waals surface area contributed by atoms with Crippen LogP contribution in [-0.2, 0) is 14.1 Å². The normalized spacial score (nSPS) is 16.2. The van der Waals surface area contributed by atoms with Crippen LogP contribution in [0.25, 0.3) is 11.4 Å². The third-order valence-corrected chi connectivity index (χ3v) is 6.99. The molecule has 0 saturated carbocycles. The molecule has 1 fully saturated rings. The van der Waals surface area contributed by atoms with Gasteiger partial charge < -0.3 is 10.2 Å². The molecule has 0 amide bonds. The predicted molar refractivity (Wildman–Crippen MR) is 134 cm³/mol. The number of nitrogens with one attached hydrogen (secondary N) is 1. The average molecular weight is 459 g/mol. The minimum atomic E-state index is -0.254. The van der Waals surface area contributed by atoms with E-state index in [1.54, 1.807) is 9.36 Å². The second-order valence-electron chi connectivity index (χ2n) is 8.80. The molecule has 1 aliphatic rings. The van der Waals surface area contributed by atoms with Crippen LogP contribution in [0.5, 0.6) is 0 Å². The zero-order chi connectivity index (χ0) is 24.0. The maximum Gasteiger partial charge on any atom is 0.295 e. The van der Waals surface area contributed by atoms with E-state index in [1.165, 1.54) is 0 Å². The second kappa shape index (κ2) is 8.53. The van der Waals surface area contributed by atoms with Crippen LogP contribution >= 0.6 is 0 Å². The zero-order valence-corrected chi connectivity index (χ0v) is 20.0. The number of rotatable bonds is 4. The summed E-state index contributed by atoms with van der Waals surface area (Å²) in [6.07, 6.45) is 0. The highest BCUT2D eigenvalue weighted by atomic mass is 16.1. The van der Waals surface area contributed by atoms with Gasteiger partial charge in [0.25, 0.3) is 11.1 Å². The first-order valence-corrected chi connectivity index (χ1v) is 11.6. The third kappa shape index (κ3) is 3.33. The van der Waals surface area contributed by atoms with E-state index in [2.05, 4.69) is 10.2 Å². The summed E-state index contributed by atoms with van der Waals surface area (Å²) in [7, 11) is 3.81. The summed E-state index contributed by atoms with van der Waals surface area (Å²) in [6.45, 7) is 5.92. The highest BCUT2D eigenvalue weighted by Crippen LogP contribution is 2.30. The number of anilines is 1. The Morgan fingerprint density at radius 1 is 0.765 bits per heavy atom. The lowest BCUT2D eigenvalue weighted by molar-refractivity contribution is 0.484. The summed E-state index contributed by atoms with van der Waals surface area (Å²) in [4.78, 5) is 29.6. The Labute approximate surface area is 198 Å². The first kappa shape index (κ1) is 22.0. The molecule has 0 radical (unpaired) electrons. The van der Waals surface area contributed by atoms with Gasteiger partial charge in [-0.2, -0.15) is 0 Å². The second-order valence-corrected chi connectivity index (χ2v) is 8.80. The monoisotopic (exact) mass is 458 g/mol. The molecule has 0 aliphatic carbocycles. The molecule has 4 aromatic rings. The Morgan fingerprint density at radius 2 is 1.29 bits per heavy atom. The third-order valence-electron chi connectivity index (χ3n) is 6.99. The standard InChI is InChI=1S/C26H30N6O2/c1-18-23(25(33)31(28(18)3)20-11-7-5-8-12-20)22-17-27-15-16-30(22)24-19(2)29(4)32(26(24)34)21-13-9-6-10-14-21/h5-14,22,27H,15-17H2,1-4H3. The van der Waals surface area contributed by atoms with Crippen molar-refractivity contribution in [3.05, 3.63) is 98.3 Å². The van der Waals surface area contributed by atoms with Gasteiger partial charge in [0.1, 0.15) is 5.69 Å². The van der Waals surface area contributed by atoms with Crippen molar-refractivity contribution in [2.45, 2.75) is 19.9 Å². The van der Waals surface area contributed by atoms with Crippen molar-refractivity contribution < 1.29 is 0 Å². The van der Waals surface area contributed by atoms with Gasteiger partial charge in [0.15, 0.2) is 0 Å². The molecule has 5 rings (SSSR count). The molecule has 1 aliphatic heterocycles. The smallest absolute Gasteiger partial charge is 0.295 e. The molecule has 0 bridgehead atoms. The molecule has 2 aromatic carbocycles. The van der Waals surface area contributed by atoms with E-state index in [0.717, 1.165) is 29.3 Å². The van der Waals surface area contributed by atoms with Crippen molar-refractivity contribution in [3.63, 3.8) is 0 Å². The van der Waals surface area contributed by atoms with Crippen molar-refractivity contribution in [1.29, 1.82) is 0 Å². The van der Waals surface area contributed by atoms with Gasteiger partial charge in [-0.15, -0.1) is 0 Å². The predicted octanol–water partition coefficient (Wildman–Crippen LogP) is 2.43. The van der Waals surface area contributed by atoms with E-state index in [0.29, 0.717) is 24.3 Å². The maximum atomic E-state index is 13.7. The summed E-state index contributed by atoms with van der Waals surface area (Å²) in [6, 6.07) is 19.1. The molecule has 1 saturated heterocycles. The fourth-order valence-corrected chi connectivity index (χ4v) is 5.09. The molecular formula is C26H30N6O2. The highest BCUT2D eigenvalue weighted by Gasteiger charge is 2.34. The van der Waals surface area contributed by atoms with Crippen LogP contribution in [0.4, 0.5) is 5.69 Å². The quantitative estimate of drug-likeness (QED) is 0.510. The molecule has 1 atom stereocenters. The van der Waals surface area contributed by atoms with E-state index in [4.69, 9.17) is 0 Å². The van der Waals surface area contributed by atoms with Crippen molar-refractivity contribution >= 4 is 5.69 Å². The van der Waals surface area contributed by atoms with Crippen molar-refractivity contribution in [2.75, 3.05) is 24.5 Å². The fraction of sp³-hybridized carbons (Fsp3) is 0.308. The van der Waals surface area contributed by atoms with Gasteiger partial charge in [-0.25, -0.2) is 9.36 Å². The van der Waals surface area contributed by atoms with Crippen LogP contribution in [-0.4, -0.2) is 38.4 Å². The molecule has 8 heteroatoms. The molecule has 1 unspecified atom stereocenters. The van der Waals surface area contributed by atoms with Gasteiger partial charge in [0, 0.05) is 39.4 Å². The van der Waals surface area contributed by atoms with Gasteiger partial charge in [0.05, 0.1) is 28.7 Å². The summed E-state index contributed by atoms with van der Waals surface area (Å²) >= 11 is 0. The first-order chi connectivity index (χ1) is 16.4. The summed E-state index contributed by atoms with van der Waals surface area (Å²) in [5.41, 5.74) is 4.64. The lowest BCUT2D eigenvalue weighted by Crippen LogP contribution is -2.49. The van der Waals surface area contributed by atoms with Gasteiger partial charge in [-0.1, -0.05) is 36.4 Å². The van der Waals surface area contributed by atoms with E-state index < -0.39 is 0 Å². The molecular weight excluding hydrogens is 428 g/mol. The number of para-hydroxylation sites is 2. The molecule has 34 heavy (non-hydrogen) atoms. The molecule has 1 N–H and O–H groups in total. The van der Waals surface area contributed by atoms with E-state index in [-0.39, 0.29) is 17.2 Å². The van der Waals surface area contributed by atoms with Crippen LogP contribution < -0.4 is 21.3 Å². The Morgan fingerprint density at radius 3 is 1.88 bits per heavy atom. The van der Waals surface area contributed by atoms with Gasteiger partial charge in [-0.3, -0.25) is 19.0 Å². The minimum absolute atomic E-state index is 0.0538. The largest absolute Gasteiger partial charge is 0.356 e. The molecule has 0 spiro atoms. The van der Waals surface area contributed by atoms with Gasteiger partial charge in [0.2, 0.25) is 0 Å². The SMILES string of the molecule is Cc1c(C2CNCCN2c2c(C)n(C)n(-c3ccccc3)c2=O)c(=O)n(-c2ccccc2)n1C. The van der Waals surface area contributed by atoms with Crippen LogP contribution in [0.2, 0.25) is 0 Å². The van der Waals surface area contributed by atoms with Crippen LogP contribution in [0, 0.1) is 13.8 Å². The summed E-state index contributed by atoms with van der Waals surface area (Å²) in [5.74, 6) is 0. The zero-order valence-electron chi connectivity index (χ0n) is 20.0. The van der Waals surface area contributed by atoms with Crippen LogP contribution in [0.15, 0.2) is 70.3 Å². The lowest BCUT2D eigenvalue weighted by atomic mass is 10.0. The number of aromatic nitrogens is 4. The van der Waals surface area contributed by atoms with E-state index in [9.17, 15) is 9.59 Å². The topological polar surface area (TPSA) is 69.1 Å². The number of hydrogen-bond donors (Lipinski definition) is 1. The number of benzene rings is 2. The number of piperazine rings is 1. The fourth-order valence-electron chi connectivity index (χ4n) is 5.09. The Bertz CT molecular complexity index is 1330. The minimum Gasteiger partial charge on any atom is -0.356 e. The van der Waals surface area contributed by atoms with Crippen molar-refractivity contribution in [2.24, 2.45) is 14.1 Å². The van der Waals surface area contributed by atoms with Crippen LogP contribution in [0.3, 0.4) is 0 Å². The Hall–Kier alpha value is -3.78. The Balaban J connectivity index is 1.66. The molecule has 2 aromatic heterocycles. The summed E-state index contributed by atoms with van der Waals surface area (Å²) < 4.78 is 7.20. The van der Waals surface area contributed by atoms with Crippen molar-refractivity contribution in [1.82, 2.24) is 24.0 Å². The molecule has 176 valence electrons. The molecule has 3 heterocycles. The molecule has 8 nitrogen and oxygen atoms in total. The van der Waals surface area contributed by atoms with E-state index in [1.807, 2.05) is 98.0 Å². The number of nitrogens with zero attached hydrogens (tertiary/aromatic N) is 5. The highest BCUT2D eigenvalue weighted by molar-refractivity contribution is 5.55. The lowest BCUT2D eigenvalue weighted by Gasteiger charge is -2.36. The number of hydrogen-bond acceptors (Lipinski definition) is 4. The summed E-state index contributed by atoms with van der Waals surface area (Å²) in [5, 5.41) is 3.43. The first-order valence-electron chi connectivity index (χ1n) is 11.6. The Kier molecular flexibility index (Phi) is 5.53. The van der Waals surface area contributed by atoms with Gasteiger partial charge >= 0.3 is 0 Å². The maximum absolute atomic E-state index is 13.7. The van der Waals surface area contributed by atoms with Gasteiger partial charge in [-0.05, 0) is 38.1 Å². The van der Waals surface area contributed by atoms with E-state index >= 15 is 0 Å². The van der Waals surface area contributed by atoms with Crippen molar-refractivity contribution in [3.8, 4) is 11.4 Å².